The minimum Gasteiger partial charge on any atom is -0.294 e. The lowest BCUT2D eigenvalue weighted by atomic mass is 10.1. The molecule has 0 atom stereocenters. The third kappa shape index (κ3) is 4.05. The summed E-state index contributed by atoms with van der Waals surface area (Å²) >= 11 is 12.4. The highest BCUT2D eigenvalue weighted by atomic mass is 35.5. The molecule has 1 aliphatic rings. The van der Waals surface area contributed by atoms with Crippen LogP contribution in [0.15, 0.2) is 65.6 Å². The van der Waals surface area contributed by atoms with E-state index in [1.54, 1.807) is 0 Å². The molecule has 0 radical (unpaired) electrons. The van der Waals surface area contributed by atoms with Gasteiger partial charge in [0.1, 0.15) is 5.82 Å². The first-order chi connectivity index (χ1) is 16.2. The van der Waals surface area contributed by atoms with Gasteiger partial charge in [0.25, 0.3) is 15.7 Å². The molecule has 0 saturated carbocycles. The Morgan fingerprint density at radius 2 is 1.59 bits per heavy atom. The minimum absolute atomic E-state index is 0.0849. The van der Waals surface area contributed by atoms with Gasteiger partial charge in [0.15, 0.2) is 0 Å². The van der Waals surface area contributed by atoms with Crippen LogP contribution in [0.4, 0.5) is 5.69 Å². The number of rotatable bonds is 6. The number of benzene rings is 3. The lowest BCUT2D eigenvalue weighted by Crippen LogP contribution is -2.23. The molecule has 1 aromatic heterocycles. The number of imidazole rings is 1. The molecular weight excluding hydrogens is 499 g/mol. The SMILES string of the molecule is O=[N+]([O-])c1ccc(S(=O)(=O)n2c(CCN3Cc4ccccc4C3)nc3cc(Cl)c(Cl)cc32)cc1. The van der Waals surface area contributed by atoms with Gasteiger partial charge in [-0.1, -0.05) is 47.5 Å². The maximum absolute atomic E-state index is 13.6. The van der Waals surface area contributed by atoms with Crippen molar-refractivity contribution in [1.29, 1.82) is 0 Å². The van der Waals surface area contributed by atoms with Crippen molar-refractivity contribution < 1.29 is 13.3 Å². The third-order valence-corrected chi connectivity index (χ3v) is 8.34. The first-order valence-electron chi connectivity index (χ1n) is 10.4. The first kappa shape index (κ1) is 22.8. The van der Waals surface area contributed by atoms with E-state index in [0.717, 1.165) is 29.2 Å². The Bertz CT molecular complexity index is 1510. The number of fused-ring (bicyclic) bond motifs is 2. The number of hydrogen-bond acceptors (Lipinski definition) is 6. The molecule has 0 fully saturated rings. The smallest absolute Gasteiger partial charge is 0.269 e. The molecule has 0 bridgehead atoms. The van der Waals surface area contributed by atoms with Gasteiger partial charge in [-0.15, -0.1) is 0 Å². The van der Waals surface area contributed by atoms with E-state index in [9.17, 15) is 18.5 Å². The fourth-order valence-electron chi connectivity index (χ4n) is 4.19. The highest BCUT2D eigenvalue weighted by Gasteiger charge is 2.27. The summed E-state index contributed by atoms with van der Waals surface area (Å²) in [7, 11) is -4.11. The van der Waals surface area contributed by atoms with Crippen LogP contribution in [0.3, 0.4) is 0 Å². The normalized spacial score (nSPS) is 13.9. The van der Waals surface area contributed by atoms with Gasteiger partial charge in [-0.3, -0.25) is 15.0 Å². The van der Waals surface area contributed by atoms with Crippen molar-refractivity contribution >= 4 is 49.9 Å². The van der Waals surface area contributed by atoms with E-state index < -0.39 is 14.9 Å². The van der Waals surface area contributed by atoms with Crippen molar-refractivity contribution in [2.75, 3.05) is 6.54 Å². The third-order valence-electron chi connectivity index (χ3n) is 5.86. The molecule has 174 valence electrons. The average molecular weight is 517 g/mol. The van der Waals surface area contributed by atoms with Crippen LogP contribution in [0, 0.1) is 10.1 Å². The van der Waals surface area contributed by atoms with E-state index in [4.69, 9.17) is 23.2 Å². The Hall–Kier alpha value is -2.98. The number of nitrogens with zero attached hydrogens (tertiary/aromatic N) is 4. The summed E-state index contributed by atoms with van der Waals surface area (Å²) in [5.41, 5.74) is 3.02. The van der Waals surface area contributed by atoms with E-state index in [2.05, 4.69) is 22.0 Å². The number of hydrogen-bond donors (Lipinski definition) is 0. The van der Waals surface area contributed by atoms with Crippen molar-refractivity contribution in [3.8, 4) is 0 Å². The second kappa shape index (κ2) is 8.66. The number of halogens is 2. The van der Waals surface area contributed by atoms with Crippen molar-refractivity contribution in [3.05, 3.63) is 97.8 Å². The van der Waals surface area contributed by atoms with Crippen LogP contribution < -0.4 is 0 Å². The van der Waals surface area contributed by atoms with Crippen LogP contribution >= 0.6 is 23.2 Å². The lowest BCUT2D eigenvalue weighted by Gasteiger charge is -2.16. The molecule has 5 rings (SSSR count). The van der Waals surface area contributed by atoms with Crippen molar-refractivity contribution in [3.63, 3.8) is 0 Å². The van der Waals surface area contributed by atoms with Crippen molar-refractivity contribution in [2.45, 2.75) is 24.4 Å². The standard InChI is InChI=1S/C23H18Cl2N4O4S/c24-19-11-21-22(12-20(19)25)28(34(32,33)18-7-5-17(6-8-18)29(30)31)23(26-21)9-10-27-13-15-3-1-2-4-16(15)14-27/h1-8,11-12H,9-10,13-14H2. The van der Waals surface area contributed by atoms with E-state index in [-0.39, 0.29) is 20.6 Å². The Kier molecular flexibility index (Phi) is 5.81. The fourth-order valence-corrected chi connectivity index (χ4v) is 6.01. The molecule has 0 spiro atoms. The molecule has 0 amide bonds. The van der Waals surface area contributed by atoms with Gasteiger partial charge < -0.3 is 0 Å². The monoisotopic (exact) mass is 516 g/mol. The maximum Gasteiger partial charge on any atom is 0.269 e. The van der Waals surface area contributed by atoms with Gasteiger partial charge in [-0.05, 0) is 35.4 Å². The van der Waals surface area contributed by atoms with Gasteiger partial charge in [-0.25, -0.2) is 17.4 Å². The average Bonchev–Trinajstić information content (AvgIpc) is 3.39. The number of nitro groups is 1. The predicted octanol–water partition coefficient (Wildman–Crippen LogP) is 5.05. The summed E-state index contributed by atoms with van der Waals surface area (Å²) in [6, 6.07) is 16.0. The molecule has 8 nitrogen and oxygen atoms in total. The van der Waals surface area contributed by atoms with E-state index >= 15 is 0 Å². The summed E-state index contributed by atoms with van der Waals surface area (Å²) in [6.07, 6.45) is 0.365. The zero-order chi connectivity index (χ0) is 24.0. The summed E-state index contributed by atoms with van der Waals surface area (Å²) < 4.78 is 28.5. The van der Waals surface area contributed by atoms with Gasteiger partial charge in [0, 0.05) is 38.2 Å². The largest absolute Gasteiger partial charge is 0.294 e. The molecule has 0 saturated heterocycles. The molecule has 11 heteroatoms. The van der Waals surface area contributed by atoms with Crippen LogP contribution in [0.2, 0.25) is 10.0 Å². The number of aromatic nitrogens is 2. The summed E-state index contributed by atoms with van der Waals surface area (Å²) in [5, 5.41) is 11.5. The summed E-state index contributed by atoms with van der Waals surface area (Å²) in [4.78, 5) is 17.1. The molecule has 0 aliphatic carbocycles. The van der Waals surface area contributed by atoms with Crippen molar-refractivity contribution in [1.82, 2.24) is 13.9 Å². The molecule has 0 unspecified atom stereocenters. The quantitative estimate of drug-likeness (QED) is 0.262. The zero-order valence-electron chi connectivity index (χ0n) is 17.7. The Morgan fingerprint density at radius 1 is 0.971 bits per heavy atom. The van der Waals surface area contributed by atoms with E-state index in [1.165, 1.54) is 35.4 Å². The van der Waals surface area contributed by atoms with Crippen LogP contribution in [0.1, 0.15) is 17.0 Å². The molecule has 4 aromatic rings. The summed E-state index contributed by atoms with van der Waals surface area (Å²) in [6.45, 7) is 2.15. The second-order valence-electron chi connectivity index (χ2n) is 8.03. The second-order valence-corrected chi connectivity index (χ2v) is 10.6. The molecule has 3 aromatic carbocycles. The number of nitro benzene ring substituents is 1. The molecule has 0 N–H and O–H groups in total. The van der Waals surface area contributed by atoms with Gasteiger partial charge >= 0.3 is 0 Å². The first-order valence-corrected chi connectivity index (χ1v) is 12.6. The molecule has 34 heavy (non-hydrogen) atoms. The Labute approximate surface area is 205 Å². The van der Waals surface area contributed by atoms with Crippen LogP contribution in [-0.2, 0) is 29.5 Å². The predicted molar refractivity (Wildman–Crippen MR) is 130 cm³/mol. The van der Waals surface area contributed by atoms with Gasteiger partial charge in [0.2, 0.25) is 0 Å². The zero-order valence-corrected chi connectivity index (χ0v) is 20.0. The van der Waals surface area contributed by atoms with Gasteiger partial charge in [0.05, 0.1) is 30.9 Å². The Morgan fingerprint density at radius 3 is 2.21 bits per heavy atom. The maximum atomic E-state index is 13.6. The highest BCUT2D eigenvalue weighted by Crippen LogP contribution is 2.32. The molecule has 2 heterocycles. The van der Waals surface area contributed by atoms with Gasteiger partial charge in [-0.2, -0.15) is 0 Å². The fraction of sp³-hybridized carbons (Fsp3) is 0.174. The minimum atomic E-state index is -4.11. The molecular formula is C23H18Cl2N4O4S. The van der Waals surface area contributed by atoms with Crippen LogP contribution in [0.5, 0.6) is 0 Å². The van der Waals surface area contributed by atoms with E-state index in [0.29, 0.717) is 29.8 Å². The van der Waals surface area contributed by atoms with Crippen LogP contribution in [0.25, 0.3) is 11.0 Å². The topological polar surface area (TPSA) is 98.3 Å². The van der Waals surface area contributed by atoms with E-state index in [1.807, 2.05) is 12.1 Å². The summed E-state index contributed by atoms with van der Waals surface area (Å²) in [5.74, 6) is 0.336. The molecule has 1 aliphatic heterocycles. The Balaban J connectivity index is 1.54. The van der Waals surface area contributed by atoms with Crippen LogP contribution in [-0.4, -0.2) is 33.7 Å². The lowest BCUT2D eigenvalue weighted by molar-refractivity contribution is -0.384. The van der Waals surface area contributed by atoms with Crippen molar-refractivity contribution in [2.24, 2.45) is 0 Å². The highest BCUT2D eigenvalue weighted by molar-refractivity contribution is 7.90. The number of non-ortho nitro benzene ring substituents is 1.